The SMILES string of the molecule is COCc1nc(CSC)sc1C(C)(C)O. The van der Waals surface area contributed by atoms with E-state index in [1.807, 2.05) is 6.26 Å². The molecule has 1 heterocycles. The van der Waals surface area contributed by atoms with Gasteiger partial charge in [0.1, 0.15) is 5.01 Å². The van der Waals surface area contributed by atoms with Crippen molar-refractivity contribution < 1.29 is 9.84 Å². The third kappa shape index (κ3) is 3.45. The fraction of sp³-hybridized carbons (Fsp3) is 0.700. The Morgan fingerprint density at radius 1 is 1.53 bits per heavy atom. The number of rotatable bonds is 5. The summed E-state index contributed by atoms with van der Waals surface area (Å²) in [5.41, 5.74) is 0.0291. The monoisotopic (exact) mass is 247 g/mol. The highest BCUT2D eigenvalue weighted by atomic mass is 32.2. The van der Waals surface area contributed by atoms with Crippen LogP contribution in [-0.4, -0.2) is 23.5 Å². The first-order chi connectivity index (χ1) is 6.99. The number of methoxy groups -OCH3 is 1. The van der Waals surface area contributed by atoms with Gasteiger partial charge < -0.3 is 9.84 Å². The molecule has 0 unspecified atom stereocenters. The Morgan fingerprint density at radius 3 is 2.67 bits per heavy atom. The maximum absolute atomic E-state index is 9.99. The number of hydrogen-bond donors (Lipinski definition) is 1. The highest BCUT2D eigenvalue weighted by Crippen LogP contribution is 2.31. The van der Waals surface area contributed by atoms with Crippen LogP contribution >= 0.6 is 23.1 Å². The van der Waals surface area contributed by atoms with E-state index in [1.54, 1.807) is 44.1 Å². The molecule has 0 aliphatic heterocycles. The molecule has 0 bridgehead atoms. The minimum atomic E-state index is -0.831. The first kappa shape index (κ1) is 13.0. The number of thioether (sulfide) groups is 1. The number of ether oxygens (including phenoxy) is 1. The molecule has 86 valence electrons. The average Bonchev–Trinajstić information content (AvgIpc) is 2.49. The zero-order valence-corrected chi connectivity index (χ0v) is 11.2. The number of thiazole rings is 1. The molecule has 0 radical (unpaired) electrons. The van der Waals surface area contributed by atoms with E-state index in [1.165, 1.54) is 0 Å². The normalized spacial score (nSPS) is 12.1. The second-order valence-corrected chi connectivity index (χ2v) is 5.76. The van der Waals surface area contributed by atoms with Crippen LogP contribution in [-0.2, 0) is 22.7 Å². The van der Waals surface area contributed by atoms with Crippen LogP contribution in [0.4, 0.5) is 0 Å². The van der Waals surface area contributed by atoms with Crippen molar-refractivity contribution in [2.24, 2.45) is 0 Å². The van der Waals surface area contributed by atoms with Gasteiger partial charge in [-0.1, -0.05) is 0 Å². The van der Waals surface area contributed by atoms with E-state index >= 15 is 0 Å². The van der Waals surface area contributed by atoms with Crippen LogP contribution in [0.3, 0.4) is 0 Å². The largest absolute Gasteiger partial charge is 0.385 e. The van der Waals surface area contributed by atoms with Crippen molar-refractivity contribution in [3.63, 3.8) is 0 Å². The average molecular weight is 247 g/mol. The Labute approximate surface area is 98.9 Å². The number of aromatic nitrogens is 1. The van der Waals surface area contributed by atoms with Crippen molar-refractivity contribution in [3.05, 3.63) is 15.6 Å². The molecular formula is C10H17NO2S2. The molecule has 0 amide bonds. The van der Waals surface area contributed by atoms with Gasteiger partial charge in [-0.3, -0.25) is 0 Å². The van der Waals surface area contributed by atoms with Gasteiger partial charge in [0.25, 0.3) is 0 Å². The van der Waals surface area contributed by atoms with E-state index in [0.29, 0.717) is 6.61 Å². The summed E-state index contributed by atoms with van der Waals surface area (Å²) in [5, 5.41) is 11.0. The molecule has 0 aliphatic carbocycles. The fourth-order valence-electron chi connectivity index (χ4n) is 1.30. The lowest BCUT2D eigenvalue weighted by Crippen LogP contribution is -2.16. The molecule has 15 heavy (non-hydrogen) atoms. The Bertz CT molecular complexity index is 318. The van der Waals surface area contributed by atoms with Gasteiger partial charge in [-0.15, -0.1) is 11.3 Å². The summed E-state index contributed by atoms with van der Waals surface area (Å²) in [7, 11) is 1.64. The molecule has 0 spiro atoms. The minimum absolute atomic E-state index is 0.463. The first-order valence-corrected chi connectivity index (χ1v) is 6.89. The van der Waals surface area contributed by atoms with Crippen molar-refractivity contribution in [2.75, 3.05) is 13.4 Å². The van der Waals surface area contributed by atoms with Gasteiger partial charge in [0.2, 0.25) is 0 Å². The van der Waals surface area contributed by atoms with Crippen molar-refractivity contribution in [2.45, 2.75) is 31.8 Å². The summed E-state index contributed by atoms with van der Waals surface area (Å²) in [5.74, 6) is 0.886. The molecular weight excluding hydrogens is 230 g/mol. The number of hydrogen-bond acceptors (Lipinski definition) is 5. The summed E-state index contributed by atoms with van der Waals surface area (Å²) < 4.78 is 5.08. The van der Waals surface area contributed by atoms with Crippen LogP contribution in [0, 0.1) is 0 Å². The van der Waals surface area contributed by atoms with Crippen LogP contribution in [0.15, 0.2) is 0 Å². The molecule has 0 aromatic carbocycles. The number of nitrogens with zero attached hydrogens (tertiary/aromatic N) is 1. The van der Waals surface area contributed by atoms with E-state index in [2.05, 4.69) is 4.98 Å². The van der Waals surface area contributed by atoms with Gasteiger partial charge in [0.05, 0.1) is 22.8 Å². The van der Waals surface area contributed by atoms with Crippen LogP contribution in [0.5, 0.6) is 0 Å². The maximum atomic E-state index is 9.99. The van der Waals surface area contributed by atoms with Gasteiger partial charge in [-0.05, 0) is 20.1 Å². The summed E-state index contributed by atoms with van der Waals surface area (Å²) >= 11 is 3.30. The summed E-state index contributed by atoms with van der Waals surface area (Å²) in [6.45, 7) is 4.02. The Hall–Kier alpha value is -0.100. The zero-order chi connectivity index (χ0) is 11.5. The van der Waals surface area contributed by atoms with E-state index < -0.39 is 5.60 Å². The Kier molecular flexibility index (Phi) is 4.58. The standard InChI is InChI=1S/C10H17NO2S2/c1-10(2,12)9-7(5-13-3)11-8(15-9)6-14-4/h12H,5-6H2,1-4H3. The van der Waals surface area contributed by atoms with Gasteiger partial charge in [-0.2, -0.15) is 11.8 Å². The van der Waals surface area contributed by atoms with Crippen LogP contribution < -0.4 is 0 Å². The van der Waals surface area contributed by atoms with Crippen molar-refractivity contribution >= 4 is 23.1 Å². The highest BCUT2D eigenvalue weighted by Gasteiger charge is 2.24. The molecule has 0 atom stereocenters. The maximum Gasteiger partial charge on any atom is 0.103 e. The van der Waals surface area contributed by atoms with Gasteiger partial charge in [0.15, 0.2) is 0 Å². The zero-order valence-electron chi connectivity index (χ0n) is 9.53. The lowest BCUT2D eigenvalue weighted by molar-refractivity contribution is 0.0782. The summed E-state index contributed by atoms with van der Waals surface area (Å²) in [4.78, 5) is 5.38. The van der Waals surface area contributed by atoms with E-state index in [0.717, 1.165) is 21.3 Å². The molecule has 1 rings (SSSR count). The molecule has 0 aliphatic rings. The second kappa shape index (κ2) is 5.30. The lowest BCUT2D eigenvalue weighted by Gasteiger charge is -2.16. The molecule has 0 saturated carbocycles. The molecule has 0 fully saturated rings. The summed E-state index contributed by atoms with van der Waals surface area (Å²) in [6, 6.07) is 0. The van der Waals surface area contributed by atoms with Crippen LogP contribution in [0.2, 0.25) is 0 Å². The topological polar surface area (TPSA) is 42.4 Å². The molecule has 3 nitrogen and oxygen atoms in total. The predicted octanol–water partition coefficient (Wildman–Crippen LogP) is 2.38. The smallest absolute Gasteiger partial charge is 0.103 e. The fourth-order valence-corrected chi connectivity index (χ4v) is 3.06. The van der Waals surface area contributed by atoms with E-state index in [-0.39, 0.29) is 0 Å². The van der Waals surface area contributed by atoms with Crippen molar-refractivity contribution in [1.82, 2.24) is 4.98 Å². The minimum Gasteiger partial charge on any atom is -0.385 e. The predicted molar refractivity (Wildman–Crippen MR) is 65.3 cm³/mol. The molecule has 5 heteroatoms. The van der Waals surface area contributed by atoms with Gasteiger partial charge in [0, 0.05) is 12.9 Å². The molecule has 0 saturated heterocycles. The van der Waals surface area contributed by atoms with Crippen molar-refractivity contribution in [1.29, 1.82) is 0 Å². The lowest BCUT2D eigenvalue weighted by atomic mass is 10.1. The quantitative estimate of drug-likeness (QED) is 0.867. The third-order valence-corrected chi connectivity index (χ3v) is 4.00. The Morgan fingerprint density at radius 2 is 2.20 bits per heavy atom. The molecule has 1 N–H and O–H groups in total. The second-order valence-electron chi connectivity index (χ2n) is 3.81. The highest BCUT2D eigenvalue weighted by molar-refractivity contribution is 7.97. The summed E-state index contributed by atoms with van der Waals surface area (Å²) in [6.07, 6.45) is 2.04. The third-order valence-electron chi connectivity index (χ3n) is 1.85. The van der Waals surface area contributed by atoms with Crippen LogP contribution in [0.1, 0.15) is 29.4 Å². The Balaban J connectivity index is 3.00. The van der Waals surface area contributed by atoms with E-state index in [9.17, 15) is 5.11 Å². The molecule has 1 aromatic heterocycles. The van der Waals surface area contributed by atoms with Crippen molar-refractivity contribution in [3.8, 4) is 0 Å². The number of aliphatic hydroxyl groups is 1. The molecule has 1 aromatic rings. The van der Waals surface area contributed by atoms with Crippen LogP contribution in [0.25, 0.3) is 0 Å². The first-order valence-electron chi connectivity index (χ1n) is 4.68. The van der Waals surface area contributed by atoms with E-state index in [4.69, 9.17) is 4.74 Å². The van der Waals surface area contributed by atoms with Gasteiger partial charge >= 0.3 is 0 Å². The van der Waals surface area contributed by atoms with Gasteiger partial charge in [-0.25, -0.2) is 4.98 Å².